The zero-order valence-electron chi connectivity index (χ0n) is 19.0. The predicted octanol–water partition coefficient (Wildman–Crippen LogP) is 4.12. The molecule has 2 atom stereocenters. The van der Waals surface area contributed by atoms with Crippen molar-refractivity contribution in [2.75, 3.05) is 11.9 Å². The van der Waals surface area contributed by atoms with Gasteiger partial charge in [0.2, 0.25) is 5.91 Å². The van der Waals surface area contributed by atoms with Crippen LogP contribution in [0.4, 0.5) is 14.8 Å². The molecule has 0 aliphatic heterocycles. The van der Waals surface area contributed by atoms with Gasteiger partial charge in [0.1, 0.15) is 23.4 Å². The summed E-state index contributed by atoms with van der Waals surface area (Å²) in [6.07, 6.45) is 3.36. The molecule has 2 rings (SSSR count). The van der Waals surface area contributed by atoms with Crippen LogP contribution < -0.4 is 16.0 Å². The van der Waals surface area contributed by atoms with Crippen molar-refractivity contribution in [3.63, 3.8) is 0 Å². The van der Waals surface area contributed by atoms with Gasteiger partial charge in [0.25, 0.3) is 5.91 Å². The number of benzene rings is 1. The van der Waals surface area contributed by atoms with Crippen molar-refractivity contribution in [3.8, 4) is 0 Å². The van der Waals surface area contributed by atoms with E-state index in [-0.39, 0.29) is 24.0 Å². The Morgan fingerprint density at radius 1 is 1.09 bits per heavy atom. The van der Waals surface area contributed by atoms with E-state index in [2.05, 4.69) is 34.8 Å². The van der Waals surface area contributed by atoms with E-state index in [1.54, 1.807) is 6.20 Å². The van der Waals surface area contributed by atoms with Gasteiger partial charge in [-0.1, -0.05) is 27.2 Å². The van der Waals surface area contributed by atoms with Crippen LogP contribution in [-0.4, -0.2) is 29.4 Å². The van der Waals surface area contributed by atoms with Crippen LogP contribution >= 0.6 is 0 Å². The largest absolute Gasteiger partial charge is 0.427 e. The minimum Gasteiger partial charge on any atom is -0.427 e. The highest BCUT2D eigenvalue weighted by atomic mass is 19.1. The van der Waals surface area contributed by atoms with E-state index in [0.29, 0.717) is 24.5 Å². The third-order valence-electron chi connectivity index (χ3n) is 4.87. The first-order valence-corrected chi connectivity index (χ1v) is 10.9. The monoisotopic (exact) mass is 450 g/mol. The molecule has 1 aromatic carbocycles. The molecule has 1 heterocycles. The fourth-order valence-corrected chi connectivity index (χ4v) is 3.13. The summed E-state index contributed by atoms with van der Waals surface area (Å²) < 4.78 is 32.3. The molecule has 1 aromatic heterocycles. The second-order valence-corrected chi connectivity index (χ2v) is 8.28. The Labute approximate surface area is 187 Å². The number of nitrogens with zero attached hydrogens (tertiary/aromatic N) is 1. The molecule has 7 nitrogen and oxygen atoms in total. The average molecular weight is 451 g/mol. The van der Waals surface area contributed by atoms with Crippen molar-refractivity contribution >= 4 is 17.8 Å². The van der Waals surface area contributed by atoms with Gasteiger partial charge in [-0.05, 0) is 49.9 Å². The summed E-state index contributed by atoms with van der Waals surface area (Å²) in [7, 11) is 0. The second-order valence-electron chi connectivity index (χ2n) is 8.28. The van der Waals surface area contributed by atoms with Crippen LogP contribution in [-0.2, 0) is 16.0 Å². The van der Waals surface area contributed by atoms with Crippen LogP contribution in [0.5, 0.6) is 0 Å². The molecular weight excluding hydrogens is 418 g/mol. The van der Waals surface area contributed by atoms with Crippen molar-refractivity contribution in [3.05, 3.63) is 47.4 Å². The first-order chi connectivity index (χ1) is 15.2. The number of carbonyl (C=O) groups excluding carboxylic acids is 2. The molecule has 0 bridgehead atoms. The molecule has 0 saturated heterocycles. The molecule has 9 heteroatoms. The molecule has 176 valence electrons. The maximum atomic E-state index is 13.3. The van der Waals surface area contributed by atoms with Crippen LogP contribution in [0, 0.1) is 17.6 Å². The molecule has 0 aliphatic rings. The smallest absolute Gasteiger partial charge is 0.301 e. The number of carbonyl (C=O) groups is 2. The van der Waals surface area contributed by atoms with Crippen molar-refractivity contribution in [1.29, 1.82) is 0 Å². The SMILES string of the molecule is CCCC(NC(=O)Cc1cc(F)cc(F)c1)C(=O)Nc1ncc(C(C)NCCC(C)C)o1. The lowest BCUT2D eigenvalue weighted by atomic mass is 10.1. The molecule has 0 radical (unpaired) electrons. The Morgan fingerprint density at radius 2 is 1.78 bits per heavy atom. The third-order valence-corrected chi connectivity index (χ3v) is 4.87. The van der Waals surface area contributed by atoms with Gasteiger partial charge < -0.3 is 15.1 Å². The number of hydrogen-bond donors (Lipinski definition) is 3. The van der Waals surface area contributed by atoms with Crippen LogP contribution in [0.25, 0.3) is 0 Å². The summed E-state index contributed by atoms with van der Waals surface area (Å²) in [6, 6.07) is 2.06. The summed E-state index contributed by atoms with van der Waals surface area (Å²) >= 11 is 0. The van der Waals surface area contributed by atoms with Gasteiger partial charge in [0, 0.05) is 6.07 Å². The highest BCUT2D eigenvalue weighted by Crippen LogP contribution is 2.17. The zero-order valence-corrected chi connectivity index (χ0v) is 19.0. The first-order valence-electron chi connectivity index (χ1n) is 10.9. The Balaban J connectivity index is 1.93. The summed E-state index contributed by atoms with van der Waals surface area (Å²) in [5.41, 5.74) is 0.187. The van der Waals surface area contributed by atoms with Gasteiger partial charge >= 0.3 is 6.01 Å². The van der Waals surface area contributed by atoms with Crippen LogP contribution in [0.1, 0.15) is 64.3 Å². The normalized spacial score (nSPS) is 13.1. The second kappa shape index (κ2) is 12.3. The van der Waals surface area contributed by atoms with Gasteiger partial charge in [-0.25, -0.2) is 13.8 Å². The fraction of sp³-hybridized carbons (Fsp3) is 0.522. The van der Waals surface area contributed by atoms with E-state index in [1.807, 2.05) is 13.8 Å². The maximum Gasteiger partial charge on any atom is 0.301 e. The Kier molecular flexibility index (Phi) is 9.77. The lowest BCUT2D eigenvalue weighted by molar-refractivity contribution is -0.126. The van der Waals surface area contributed by atoms with Crippen molar-refractivity contribution < 1.29 is 22.8 Å². The number of aromatic nitrogens is 1. The van der Waals surface area contributed by atoms with Gasteiger partial charge in [-0.3, -0.25) is 14.9 Å². The van der Waals surface area contributed by atoms with Gasteiger partial charge in [-0.15, -0.1) is 0 Å². The van der Waals surface area contributed by atoms with Gasteiger partial charge in [0.15, 0.2) is 0 Å². The van der Waals surface area contributed by atoms with Crippen LogP contribution in [0.15, 0.2) is 28.8 Å². The Bertz CT molecular complexity index is 881. The van der Waals surface area contributed by atoms with E-state index < -0.39 is 29.5 Å². The molecule has 2 unspecified atom stereocenters. The maximum absolute atomic E-state index is 13.3. The average Bonchev–Trinajstić information content (AvgIpc) is 3.15. The van der Waals surface area contributed by atoms with Crippen LogP contribution in [0.3, 0.4) is 0 Å². The number of nitrogens with one attached hydrogen (secondary N) is 3. The molecule has 2 aromatic rings. The summed E-state index contributed by atoms with van der Waals surface area (Å²) in [5.74, 6) is -1.33. The topological polar surface area (TPSA) is 96.3 Å². The van der Waals surface area contributed by atoms with Crippen LogP contribution in [0.2, 0.25) is 0 Å². The number of hydrogen-bond acceptors (Lipinski definition) is 5. The zero-order chi connectivity index (χ0) is 23.7. The quantitative estimate of drug-likeness (QED) is 0.452. The van der Waals surface area contributed by atoms with E-state index in [9.17, 15) is 18.4 Å². The molecule has 0 saturated carbocycles. The minimum atomic E-state index is -0.831. The minimum absolute atomic E-state index is 0.0464. The van der Waals surface area contributed by atoms with Gasteiger partial charge in [-0.2, -0.15) is 0 Å². The number of halogens is 2. The predicted molar refractivity (Wildman–Crippen MR) is 118 cm³/mol. The molecule has 2 amide bonds. The molecule has 32 heavy (non-hydrogen) atoms. The molecule has 0 aliphatic carbocycles. The number of rotatable bonds is 12. The Morgan fingerprint density at radius 3 is 2.41 bits per heavy atom. The summed E-state index contributed by atoms with van der Waals surface area (Å²) in [6.45, 7) is 8.96. The lowest BCUT2D eigenvalue weighted by Gasteiger charge is -2.17. The number of oxazole rings is 1. The third kappa shape index (κ3) is 8.37. The van der Waals surface area contributed by atoms with Crippen molar-refractivity contribution in [2.24, 2.45) is 5.92 Å². The molecule has 0 spiro atoms. The van der Waals surface area contributed by atoms with Gasteiger partial charge in [0.05, 0.1) is 18.7 Å². The first kappa shape index (κ1) is 25.5. The lowest BCUT2D eigenvalue weighted by Crippen LogP contribution is -2.44. The fourth-order valence-electron chi connectivity index (χ4n) is 3.13. The standard InChI is InChI=1S/C23H32F2N4O3/c1-5-6-19(28-21(30)11-16-9-17(24)12-18(25)10-16)22(31)29-23-27-13-20(32-23)15(4)26-8-7-14(2)3/h9-10,12-15,19,26H,5-8,11H2,1-4H3,(H,28,30)(H,27,29,31). The summed E-state index contributed by atoms with van der Waals surface area (Å²) in [5, 5.41) is 8.54. The highest BCUT2D eigenvalue weighted by molar-refractivity contribution is 5.96. The van der Waals surface area contributed by atoms with E-state index in [4.69, 9.17) is 4.42 Å². The molecule has 0 fully saturated rings. The summed E-state index contributed by atoms with van der Waals surface area (Å²) in [4.78, 5) is 29.1. The highest BCUT2D eigenvalue weighted by Gasteiger charge is 2.22. The molecule has 3 N–H and O–H groups in total. The van der Waals surface area contributed by atoms with E-state index in [1.165, 1.54) is 0 Å². The van der Waals surface area contributed by atoms with E-state index in [0.717, 1.165) is 31.2 Å². The van der Waals surface area contributed by atoms with Crippen molar-refractivity contribution in [2.45, 2.75) is 65.5 Å². The number of anilines is 1. The number of amides is 2. The molecular formula is C23H32F2N4O3. The van der Waals surface area contributed by atoms with E-state index >= 15 is 0 Å². The van der Waals surface area contributed by atoms with Crippen molar-refractivity contribution in [1.82, 2.24) is 15.6 Å². The Hall–Kier alpha value is -2.81.